The molecule has 1 fully saturated rings. The molecule has 1 aromatic rings. The van der Waals surface area contributed by atoms with Crippen molar-refractivity contribution in [2.75, 3.05) is 12.4 Å². The van der Waals surface area contributed by atoms with Crippen LogP contribution in [0, 0.1) is 5.92 Å². The zero-order valence-electron chi connectivity index (χ0n) is 8.90. The molecule has 1 aliphatic rings. The van der Waals surface area contributed by atoms with Crippen molar-refractivity contribution in [2.45, 2.75) is 12.8 Å². The highest BCUT2D eigenvalue weighted by molar-refractivity contribution is 6.02. The molecule has 0 spiro atoms. The standard InChI is InChI=1S/C11H12N2O3/c1-16-11(15)8-4-5-12-6-9(8)13-10(14)7-2-3-7/h4-7H,2-3H2,1H3,(H,13,14). The number of carbonyl (C=O) groups is 2. The van der Waals surface area contributed by atoms with Crippen molar-refractivity contribution in [3.05, 3.63) is 24.0 Å². The smallest absolute Gasteiger partial charge is 0.340 e. The van der Waals surface area contributed by atoms with Crippen LogP contribution in [0.5, 0.6) is 0 Å². The van der Waals surface area contributed by atoms with Gasteiger partial charge in [-0.3, -0.25) is 9.78 Å². The summed E-state index contributed by atoms with van der Waals surface area (Å²) < 4.78 is 4.62. The summed E-state index contributed by atoms with van der Waals surface area (Å²) in [7, 11) is 1.30. The molecule has 1 N–H and O–H groups in total. The quantitative estimate of drug-likeness (QED) is 0.777. The summed E-state index contributed by atoms with van der Waals surface area (Å²) in [6, 6.07) is 1.52. The third-order valence-corrected chi connectivity index (χ3v) is 2.43. The summed E-state index contributed by atoms with van der Waals surface area (Å²) in [5.41, 5.74) is 0.734. The molecule has 0 unspecified atom stereocenters. The Morgan fingerprint density at radius 3 is 2.88 bits per heavy atom. The first kappa shape index (κ1) is 10.6. The molecule has 2 rings (SSSR count). The third-order valence-electron chi connectivity index (χ3n) is 2.43. The van der Waals surface area contributed by atoms with Crippen molar-refractivity contribution in [3.63, 3.8) is 0 Å². The molecule has 84 valence electrons. The highest BCUT2D eigenvalue weighted by Gasteiger charge is 2.30. The third kappa shape index (κ3) is 2.18. The van der Waals surface area contributed by atoms with Gasteiger partial charge in [0.1, 0.15) is 0 Å². The first-order chi connectivity index (χ1) is 7.72. The van der Waals surface area contributed by atoms with Gasteiger partial charge in [0.2, 0.25) is 5.91 Å². The van der Waals surface area contributed by atoms with Crippen molar-refractivity contribution in [2.24, 2.45) is 5.92 Å². The molecule has 1 amide bonds. The zero-order valence-corrected chi connectivity index (χ0v) is 8.90. The molecule has 16 heavy (non-hydrogen) atoms. The average Bonchev–Trinajstić information content (AvgIpc) is 3.12. The van der Waals surface area contributed by atoms with E-state index in [4.69, 9.17) is 0 Å². The highest BCUT2D eigenvalue weighted by Crippen LogP contribution is 2.30. The number of methoxy groups -OCH3 is 1. The van der Waals surface area contributed by atoms with Crippen LogP contribution in [0.3, 0.4) is 0 Å². The molecule has 1 aliphatic carbocycles. The van der Waals surface area contributed by atoms with E-state index in [0.29, 0.717) is 11.3 Å². The molecule has 1 heterocycles. The minimum absolute atomic E-state index is 0.0573. The van der Waals surface area contributed by atoms with Gasteiger partial charge < -0.3 is 10.1 Å². The van der Waals surface area contributed by atoms with Gasteiger partial charge in [-0.1, -0.05) is 0 Å². The number of ether oxygens (including phenoxy) is 1. The number of aromatic nitrogens is 1. The van der Waals surface area contributed by atoms with E-state index in [2.05, 4.69) is 15.0 Å². The fraction of sp³-hybridized carbons (Fsp3) is 0.364. The van der Waals surface area contributed by atoms with Crippen LogP contribution in [0.4, 0.5) is 5.69 Å². The molecule has 5 nitrogen and oxygen atoms in total. The van der Waals surface area contributed by atoms with E-state index in [-0.39, 0.29) is 11.8 Å². The molecule has 0 atom stereocenters. The maximum Gasteiger partial charge on any atom is 0.340 e. The van der Waals surface area contributed by atoms with E-state index in [1.807, 2.05) is 0 Å². The van der Waals surface area contributed by atoms with Gasteiger partial charge in [-0.25, -0.2) is 4.79 Å². The Hall–Kier alpha value is -1.91. The maximum absolute atomic E-state index is 11.5. The van der Waals surface area contributed by atoms with Crippen molar-refractivity contribution in [1.82, 2.24) is 4.98 Å². The predicted octanol–water partition coefficient (Wildman–Crippen LogP) is 1.22. The van der Waals surface area contributed by atoms with Gasteiger partial charge in [-0.05, 0) is 18.9 Å². The van der Waals surface area contributed by atoms with Gasteiger partial charge in [-0.15, -0.1) is 0 Å². The van der Waals surface area contributed by atoms with Crippen molar-refractivity contribution < 1.29 is 14.3 Å². The van der Waals surface area contributed by atoms with Crippen LogP contribution >= 0.6 is 0 Å². The molecule has 1 saturated carbocycles. The monoisotopic (exact) mass is 220 g/mol. The second-order valence-corrected chi connectivity index (χ2v) is 3.68. The Morgan fingerprint density at radius 2 is 2.25 bits per heavy atom. The van der Waals surface area contributed by atoms with Gasteiger partial charge in [0.15, 0.2) is 0 Å². The molecule has 5 heteroatoms. The Morgan fingerprint density at radius 1 is 1.50 bits per heavy atom. The first-order valence-corrected chi connectivity index (χ1v) is 5.05. The lowest BCUT2D eigenvalue weighted by atomic mass is 10.2. The molecule has 0 bridgehead atoms. The number of hydrogen-bond acceptors (Lipinski definition) is 4. The van der Waals surface area contributed by atoms with E-state index in [1.165, 1.54) is 25.6 Å². The van der Waals surface area contributed by atoms with Gasteiger partial charge in [0, 0.05) is 12.1 Å². The number of rotatable bonds is 3. The van der Waals surface area contributed by atoms with Crippen molar-refractivity contribution in [3.8, 4) is 0 Å². The van der Waals surface area contributed by atoms with E-state index < -0.39 is 5.97 Å². The Balaban J connectivity index is 2.18. The van der Waals surface area contributed by atoms with Crippen LogP contribution in [0.2, 0.25) is 0 Å². The van der Waals surface area contributed by atoms with Crippen LogP contribution in [0.15, 0.2) is 18.5 Å². The summed E-state index contributed by atoms with van der Waals surface area (Å²) in [6.45, 7) is 0. The Labute approximate surface area is 92.8 Å². The Kier molecular flexibility index (Phi) is 2.85. The summed E-state index contributed by atoms with van der Waals surface area (Å²) in [6.07, 6.45) is 4.77. The first-order valence-electron chi connectivity index (χ1n) is 5.05. The summed E-state index contributed by atoms with van der Waals surface area (Å²) in [5.74, 6) is -0.447. The number of esters is 1. The molecule has 0 radical (unpaired) electrons. The predicted molar refractivity (Wildman–Crippen MR) is 56.9 cm³/mol. The van der Waals surface area contributed by atoms with E-state index >= 15 is 0 Å². The number of pyridine rings is 1. The lowest BCUT2D eigenvalue weighted by Crippen LogP contribution is -2.16. The van der Waals surface area contributed by atoms with E-state index in [9.17, 15) is 9.59 Å². The largest absolute Gasteiger partial charge is 0.465 e. The molecular weight excluding hydrogens is 208 g/mol. The fourth-order valence-electron chi connectivity index (χ4n) is 1.36. The number of anilines is 1. The van der Waals surface area contributed by atoms with Crippen LogP contribution < -0.4 is 5.32 Å². The summed E-state index contributed by atoms with van der Waals surface area (Å²) in [4.78, 5) is 26.8. The van der Waals surface area contributed by atoms with Crippen molar-refractivity contribution >= 4 is 17.6 Å². The van der Waals surface area contributed by atoms with Crippen LogP contribution in [-0.4, -0.2) is 24.0 Å². The number of nitrogens with one attached hydrogen (secondary N) is 1. The van der Waals surface area contributed by atoms with Crippen LogP contribution in [0.1, 0.15) is 23.2 Å². The average molecular weight is 220 g/mol. The van der Waals surface area contributed by atoms with Gasteiger partial charge in [0.25, 0.3) is 0 Å². The van der Waals surface area contributed by atoms with Gasteiger partial charge in [-0.2, -0.15) is 0 Å². The lowest BCUT2D eigenvalue weighted by molar-refractivity contribution is -0.117. The van der Waals surface area contributed by atoms with Crippen molar-refractivity contribution in [1.29, 1.82) is 0 Å². The van der Waals surface area contributed by atoms with Gasteiger partial charge in [0.05, 0.1) is 24.6 Å². The Bertz CT molecular complexity index is 427. The molecule has 0 saturated heterocycles. The van der Waals surface area contributed by atoms with Gasteiger partial charge >= 0.3 is 5.97 Å². The normalized spacial score (nSPS) is 14.3. The summed E-state index contributed by atoms with van der Waals surface area (Å²) >= 11 is 0. The second-order valence-electron chi connectivity index (χ2n) is 3.68. The highest BCUT2D eigenvalue weighted by atomic mass is 16.5. The SMILES string of the molecule is COC(=O)c1ccncc1NC(=O)C1CC1. The minimum Gasteiger partial charge on any atom is -0.465 e. The lowest BCUT2D eigenvalue weighted by Gasteiger charge is -2.08. The summed E-state index contributed by atoms with van der Waals surface area (Å²) in [5, 5.41) is 2.69. The molecule has 1 aromatic heterocycles. The number of carbonyl (C=O) groups excluding carboxylic acids is 2. The fourth-order valence-corrected chi connectivity index (χ4v) is 1.36. The van der Waals surface area contributed by atoms with Crippen LogP contribution in [-0.2, 0) is 9.53 Å². The second kappa shape index (κ2) is 4.30. The number of amides is 1. The molecule has 0 aromatic carbocycles. The molecule has 0 aliphatic heterocycles. The van der Waals surface area contributed by atoms with E-state index in [1.54, 1.807) is 0 Å². The topological polar surface area (TPSA) is 68.3 Å². The van der Waals surface area contributed by atoms with E-state index in [0.717, 1.165) is 12.8 Å². The number of hydrogen-bond donors (Lipinski definition) is 1. The minimum atomic E-state index is -0.478. The molecular formula is C11H12N2O3. The maximum atomic E-state index is 11.5. The van der Waals surface area contributed by atoms with Crippen LogP contribution in [0.25, 0.3) is 0 Å². The number of nitrogens with zero attached hydrogens (tertiary/aromatic N) is 1. The zero-order chi connectivity index (χ0) is 11.5.